The van der Waals surface area contributed by atoms with Crippen molar-refractivity contribution in [3.63, 3.8) is 0 Å². The molecule has 0 fully saturated rings. The number of alkyl carbamates (subject to hydrolysis) is 1. The SMILES string of the molecule is CC(C)(CC(=O)O)OC(=O)NC(=N)c1cccc(NN(Cc2ccccc2)C(=O)Nc2ccc(-c3ccccc3S(C)(=O)=O)cc2)c1. The number of ether oxygens (including phenoxy) is 1. The lowest BCUT2D eigenvalue weighted by Crippen LogP contribution is -2.39. The highest BCUT2D eigenvalue weighted by Gasteiger charge is 2.27. The van der Waals surface area contributed by atoms with Crippen molar-refractivity contribution < 1.29 is 32.6 Å². The highest BCUT2D eigenvalue weighted by Crippen LogP contribution is 2.28. The fourth-order valence-corrected chi connectivity index (χ4v) is 5.54. The van der Waals surface area contributed by atoms with Crippen molar-refractivity contribution in [1.82, 2.24) is 10.3 Å². The summed E-state index contributed by atoms with van der Waals surface area (Å²) in [4.78, 5) is 37.1. The number of amidine groups is 1. The molecular formula is C34H35N5O7S. The molecule has 13 heteroatoms. The molecule has 0 aliphatic carbocycles. The molecule has 4 rings (SSSR count). The van der Waals surface area contributed by atoms with E-state index in [4.69, 9.17) is 15.3 Å². The number of nitrogens with zero attached hydrogens (tertiary/aromatic N) is 1. The van der Waals surface area contributed by atoms with Gasteiger partial charge in [0.2, 0.25) is 0 Å². The van der Waals surface area contributed by atoms with E-state index >= 15 is 0 Å². The average Bonchev–Trinajstić information content (AvgIpc) is 3.00. The molecule has 0 unspecified atom stereocenters. The van der Waals surface area contributed by atoms with E-state index in [9.17, 15) is 22.8 Å². The minimum Gasteiger partial charge on any atom is -0.481 e. The molecule has 0 aromatic heterocycles. The number of carboxylic acid groups (broad SMARTS) is 1. The summed E-state index contributed by atoms with van der Waals surface area (Å²) in [5, 5.41) is 23.9. The van der Waals surface area contributed by atoms with E-state index < -0.39 is 40.0 Å². The third-order valence-electron chi connectivity index (χ3n) is 6.75. The van der Waals surface area contributed by atoms with Crippen molar-refractivity contribution in [2.75, 3.05) is 17.0 Å². The number of amides is 3. The van der Waals surface area contributed by atoms with Gasteiger partial charge in [0.25, 0.3) is 0 Å². The van der Waals surface area contributed by atoms with Crippen LogP contribution in [0.5, 0.6) is 0 Å². The molecule has 4 aromatic carbocycles. The van der Waals surface area contributed by atoms with Crippen LogP contribution in [-0.4, -0.2) is 54.3 Å². The van der Waals surface area contributed by atoms with Crippen LogP contribution in [-0.2, 0) is 25.9 Å². The minimum absolute atomic E-state index is 0.164. The highest BCUT2D eigenvalue weighted by molar-refractivity contribution is 7.90. The number of aliphatic carboxylic acids is 1. The van der Waals surface area contributed by atoms with Gasteiger partial charge in [0.05, 0.1) is 23.5 Å². The number of hydrogen-bond donors (Lipinski definition) is 5. The largest absolute Gasteiger partial charge is 0.481 e. The lowest BCUT2D eigenvalue weighted by molar-refractivity contribution is -0.141. The van der Waals surface area contributed by atoms with Crippen LogP contribution in [0.4, 0.5) is 21.0 Å². The van der Waals surface area contributed by atoms with Gasteiger partial charge in [-0.25, -0.2) is 23.0 Å². The van der Waals surface area contributed by atoms with E-state index in [0.29, 0.717) is 28.1 Å². The second-order valence-electron chi connectivity index (χ2n) is 11.3. The molecule has 5 N–H and O–H groups in total. The Hall–Kier alpha value is -5.69. The molecule has 47 heavy (non-hydrogen) atoms. The van der Waals surface area contributed by atoms with Gasteiger partial charge in [0, 0.05) is 23.1 Å². The van der Waals surface area contributed by atoms with Gasteiger partial charge in [-0.2, -0.15) is 0 Å². The summed E-state index contributed by atoms with van der Waals surface area (Å²) in [6.45, 7) is 3.07. The Morgan fingerprint density at radius 2 is 1.53 bits per heavy atom. The van der Waals surface area contributed by atoms with Crippen molar-refractivity contribution in [3.8, 4) is 11.1 Å². The fraction of sp³-hybridized carbons (Fsp3) is 0.176. The van der Waals surface area contributed by atoms with Gasteiger partial charge in [0.15, 0.2) is 9.84 Å². The number of sulfone groups is 1. The topological polar surface area (TPSA) is 178 Å². The van der Waals surface area contributed by atoms with Crippen LogP contribution in [0.25, 0.3) is 11.1 Å². The molecule has 0 saturated heterocycles. The van der Waals surface area contributed by atoms with Gasteiger partial charge in [0.1, 0.15) is 11.4 Å². The molecule has 244 valence electrons. The second-order valence-corrected chi connectivity index (χ2v) is 13.2. The molecule has 3 amide bonds. The first kappa shape index (κ1) is 34.2. The van der Waals surface area contributed by atoms with Crippen molar-refractivity contribution in [2.45, 2.75) is 37.3 Å². The van der Waals surface area contributed by atoms with E-state index in [2.05, 4.69) is 16.1 Å². The van der Waals surface area contributed by atoms with E-state index in [1.54, 1.807) is 72.8 Å². The first-order valence-corrected chi connectivity index (χ1v) is 16.3. The van der Waals surface area contributed by atoms with Gasteiger partial charge in [-0.15, -0.1) is 0 Å². The molecule has 0 atom stereocenters. The standard InChI is InChI=1S/C34H35N5O7S/c1-34(2,21-30(40)41)46-33(43)37-31(35)25-12-9-13-27(20-25)38-39(22-23-10-5-4-6-11-23)32(42)36-26-18-16-24(17-19-26)28-14-7-8-15-29(28)47(3,44)45/h4-20,38H,21-22H2,1-3H3,(H,36,42)(H,40,41)(H2,35,37,43). The maximum atomic E-state index is 13.6. The quantitative estimate of drug-likeness (QED) is 0.0727. The molecule has 0 spiro atoms. The Labute approximate surface area is 272 Å². The number of carbonyl (C=O) groups is 3. The molecular weight excluding hydrogens is 622 g/mol. The fourth-order valence-electron chi connectivity index (χ4n) is 4.63. The van der Waals surface area contributed by atoms with Crippen LogP contribution >= 0.6 is 0 Å². The number of anilines is 2. The summed E-state index contributed by atoms with van der Waals surface area (Å²) in [5.41, 5.74) is 5.05. The minimum atomic E-state index is -3.45. The summed E-state index contributed by atoms with van der Waals surface area (Å²) < 4.78 is 29.7. The molecule has 0 aliphatic rings. The predicted molar refractivity (Wildman–Crippen MR) is 179 cm³/mol. The summed E-state index contributed by atoms with van der Waals surface area (Å²) >= 11 is 0. The smallest absolute Gasteiger partial charge is 0.413 e. The molecule has 0 saturated carbocycles. The maximum absolute atomic E-state index is 13.6. The number of benzene rings is 4. The molecule has 0 heterocycles. The monoisotopic (exact) mass is 657 g/mol. The van der Waals surface area contributed by atoms with Gasteiger partial charge in [-0.05, 0) is 55.3 Å². The molecule has 4 aromatic rings. The van der Waals surface area contributed by atoms with Gasteiger partial charge in [-0.3, -0.25) is 20.9 Å². The summed E-state index contributed by atoms with van der Waals surface area (Å²) in [5.74, 6) is -1.42. The van der Waals surface area contributed by atoms with Gasteiger partial charge in [-0.1, -0.05) is 72.8 Å². The number of carboxylic acids is 1. The molecule has 0 aliphatic heterocycles. The zero-order valence-corrected chi connectivity index (χ0v) is 26.8. The van der Waals surface area contributed by atoms with Crippen molar-refractivity contribution in [2.24, 2.45) is 0 Å². The second kappa shape index (κ2) is 14.6. The third kappa shape index (κ3) is 9.90. The number of rotatable bonds is 11. The lowest BCUT2D eigenvalue weighted by atomic mass is 10.1. The van der Waals surface area contributed by atoms with Gasteiger partial charge >= 0.3 is 18.1 Å². The maximum Gasteiger partial charge on any atom is 0.413 e. The number of urea groups is 1. The molecule has 0 bridgehead atoms. The molecule has 0 radical (unpaired) electrons. The third-order valence-corrected chi connectivity index (χ3v) is 7.91. The Kier molecular flexibility index (Phi) is 10.6. The van der Waals surface area contributed by atoms with E-state index in [-0.39, 0.29) is 17.3 Å². The highest BCUT2D eigenvalue weighted by atomic mass is 32.2. The van der Waals surface area contributed by atoms with Crippen LogP contribution in [0.15, 0.2) is 108 Å². The average molecular weight is 658 g/mol. The Morgan fingerprint density at radius 3 is 2.19 bits per heavy atom. The number of hydrazine groups is 1. The van der Waals surface area contributed by atoms with Crippen molar-refractivity contribution >= 4 is 45.1 Å². The number of nitrogens with one attached hydrogen (secondary N) is 4. The zero-order valence-electron chi connectivity index (χ0n) is 26.0. The Balaban J connectivity index is 1.50. The van der Waals surface area contributed by atoms with Crippen LogP contribution in [0.1, 0.15) is 31.4 Å². The van der Waals surface area contributed by atoms with Gasteiger partial charge < -0.3 is 15.2 Å². The van der Waals surface area contributed by atoms with Crippen LogP contribution < -0.4 is 16.1 Å². The van der Waals surface area contributed by atoms with E-state index in [0.717, 1.165) is 11.8 Å². The van der Waals surface area contributed by atoms with E-state index in [1.165, 1.54) is 18.9 Å². The lowest BCUT2D eigenvalue weighted by Gasteiger charge is -2.25. The summed E-state index contributed by atoms with van der Waals surface area (Å²) in [6.07, 6.45) is -0.229. The first-order chi connectivity index (χ1) is 22.2. The van der Waals surface area contributed by atoms with Crippen LogP contribution in [0.3, 0.4) is 0 Å². The Morgan fingerprint density at radius 1 is 0.872 bits per heavy atom. The van der Waals surface area contributed by atoms with Crippen molar-refractivity contribution in [3.05, 3.63) is 114 Å². The van der Waals surface area contributed by atoms with Crippen LogP contribution in [0, 0.1) is 5.41 Å². The number of hydrogen-bond acceptors (Lipinski definition) is 8. The van der Waals surface area contributed by atoms with E-state index in [1.807, 2.05) is 30.3 Å². The first-order valence-electron chi connectivity index (χ1n) is 14.4. The summed E-state index contributed by atoms with van der Waals surface area (Å²) in [7, 11) is -3.45. The predicted octanol–water partition coefficient (Wildman–Crippen LogP) is 6.12. The summed E-state index contributed by atoms with van der Waals surface area (Å²) in [6, 6.07) is 28.8. The number of carbonyl (C=O) groups excluding carboxylic acids is 2. The normalized spacial score (nSPS) is 11.2. The molecule has 12 nitrogen and oxygen atoms in total. The van der Waals surface area contributed by atoms with Crippen molar-refractivity contribution in [1.29, 1.82) is 5.41 Å². The Bertz CT molecular complexity index is 1880. The van der Waals surface area contributed by atoms with Crippen LogP contribution in [0.2, 0.25) is 0 Å². The zero-order chi connectivity index (χ0) is 34.2.